The van der Waals surface area contributed by atoms with Gasteiger partial charge in [-0.15, -0.1) is 0 Å². The maximum Gasteiger partial charge on any atom is 0.422 e. The Hall–Kier alpha value is -2.12. The Balaban J connectivity index is 2.33. The zero-order valence-electron chi connectivity index (χ0n) is 14.6. The molecule has 1 aromatic rings. The molecule has 1 amide bonds. The van der Waals surface area contributed by atoms with Gasteiger partial charge in [0.15, 0.2) is 6.10 Å². The average Bonchev–Trinajstić information content (AvgIpc) is 2.70. The van der Waals surface area contributed by atoms with Gasteiger partial charge in [-0.25, -0.2) is 9.59 Å². The van der Waals surface area contributed by atoms with Crippen LogP contribution in [0.2, 0.25) is 0 Å². The molecule has 132 valence electrons. The van der Waals surface area contributed by atoms with Crippen molar-refractivity contribution in [2.45, 2.75) is 58.1 Å². The van der Waals surface area contributed by atoms with E-state index in [1.165, 1.54) is 5.01 Å². The first-order valence-corrected chi connectivity index (χ1v) is 7.76. The van der Waals surface area contributed by atoms with Crippen molar-refractivity contribution >= 4 is 12.1 Å². The molecule has 2 atom stereocenters. The first kappa shape index (κ1) is 18.2. The predicted octanol–water partition coefficient (Wildman–Crippen LogP) is 2.69. The van der Waals surface area contributed by atoms with E-state index in [9.17, 15) is 14.7 Å². The monoisotopic (exact) mass is 336 g/mol. The molecule has 0 radical (unpaired) electrons. The number of nitrogens with zero attached hydrogens (tertiary/aromatic N) is 1. The van der Waals surface area contributed by atoms with Crippen LogP contribution in [0.4, 0.5) is 4.79 Å². The summed E-state index contributed by atoms with van der Waals surface area (Å²) in [5.74, 6) is -1.09. The van der Waals surface area contributed by atoms with Gasteiger partial charge in [-0.05, 0) is 40.2 Å². The lowest BCUT2D eigenvalue weighted by molar-refractivity contribution is -0.156. The highest BCUT2D eigenvalue weighted by Gasteiger charge is 2.52. The predicted molar refractivity (Wildman–Crippen MR) is 87.0 cm³/mol. The summed E-state index contributed by atoms with van der Waals surface area (Å²) in [6.07, 6.45) is -1.77. The van der Waals surface area contributed by atoms with Gasteiger partial charge in [0.25, 0.3) is 0 Å². The van der Waals surface area contributed by atoms with Crippen LogP contribution in [-0.4, -0.2) is 39.6 Å². The van der Waals surface area contributed by atoms with Crippen LogP contribution in [0.15, 0.2) is 30.3 Å². The van der Waals surface area contributed by atoms with Crippen LogP contribution in [0.3, 0.4) is 0 Å². The number of amides is 1. The molecule has 7 heteroatoms. The summed E-state index contributed by atoms with van der Waals surface area (Å²) in [6.45, 7) is 8.67. The van der Waals surface area contributed by atoms with Gasteiger partial charge >= 0.3 is 12.1 Å². The first-order valence-electron chi connectivity index (χ1n) is 7.76. The molecule has 1 aromatic carbocycles. The molecular formula is C17H24N2O5. The second-order valence-corrected chi connectivity index (χ2v) is 7.16. The van der Waals surface area contributed by atoms with E-state index in [0.717, 1.165) is 5.56 Å². The molecule has 24 heavy (non-hydrogen) atoms. The van der Waals surface area contributed by atoms with Crippen molar-refractivity contribution in [3.63, 3.8) is 0 Å². The normalized spacial score (nSPS) is 23.7. The number of ether oxygens (including phenoxy) is 2. The third-order valence-electron chi connectivity index (χ3n) is 3.56. The SMILES string of the molecule is CC(C)(C)OC(=O)NN1[C@@H](c2ccccc2)[C@H](C(=O)O)OC1(C)C. The fourth-order valence-electron chi connectivity index (χ4n) is 2.67. The number of benzene rings is 1. The molecule has 0 aliphatic carbocycles. The van der Waals surface area contributed by atoms with Crippen molar-refractivity contribution in [1.82, 2.24) is 10.4 Å². The fourth-order valence-corrected chi connectivity index (χ4v) is 2.67. The third kappa shape index (κ3) is 4.04. The highest BCUT2D eigenvalue weighted by molar-refractivity contribution is 5.74. The number of carbonyl (C=O) groups is 2. The zero-order valence-corrected chi connectivity index (χ0v) is 14.6. The van der Waals surface area contributed by atoms with E-state index >= 15 is 0 Å². The molecule has 2 rings (SSSR count). The second-order valence-electron chi connectivity index (χ2n) is 7.16. The minimum atomic E-state index is -1.11. The molecule has 0 aromatic heterocycles. The molecule has 0 unspecified atom stereocenters. The molecule has 1 aliphatic rings. The lowest BCUT2D eigenvalue weighted by Gasteiger charge is -2.34. The quantitative estimate of drug-likeness (QED) is 0.882. The lowest BCUT2D eigenvalue weighted by atomic mass is 10.0. The van der Waals surface area contributed by atoms with Crippen LogP contribution < -0.4 is 5.43 Å². The van der Waals surface area contributed by atoms with Crippen molar-refractivity contribution in [3.8, 4) is 0 Å². The van der Waals surface area contributed by atoms with Crippen molar-refractivity contribution in [1.29, 1.82) is 0 Å². The highest BCUT2D eigenvalue weighted by Crippen LogP contribution is 2.40. The van der Waals surface area contributed by atoms with Crippen LogP contribution in [0, 0.1) is 0 Å². The molecular weight excluding hydrogens is 312 g/mol. The van der Waals surface area contributed by atoms with Gasteiger partial charge in [0.1, 0.15) is 11.3 Å². The number of rotatable bonds is 3. The van der Waals surface area contributed by atoms with E-state index in [2.05, 4.69) is 5.43 Å². The molecule has 0 spiro atoms. The molecule has 0 saturated carbocycles. The van der Waals surface area contributed by atoms with Gasteiger partial charge in [-0.2, -0.15) is 5.01 Å². The number of nitrogens with one attached hydrogen (secondary N) is 1. The van der Waals surface area contributed by atoms with Crippen molar-refractivity contribution in [3.05, 3.63) is 35.9 Å². The summed E-state index contributed by atoms with van der Waals surface area (Å²) in [4.78, 5) is 23.8. The van der Waals surface area contributed by atoms with Gasteiger partial charge in [0.2, 0.25) is 0 Å². The van der Waals surface area contributed by atoms with Crippen LogP contribution in [-0.2, 0) is 14.3 Å². The maximum atomic E-state index is 12.2. The van der Waals surface area contributed by atoms with Gasteiger partial charge < -0.3 is 14.6 Å². The van der Waals surface area contributed by atoms with Crippen LogP contribution in [0.5, 0.6) is 0 Å². The molecule has 1 saturated heterocycles. The van der Waals surface area contributed by atoms with Crippen LogP contribution >= 0.6 is 0 Å². The number of carboxylic acids is 1. The molecule has 1 fully saturated rings. The summed E-state index contributed by atoms with van der Waals surface area (Å²) in [6, 6.07) is 8.39. The van der Waals surface area contributed by atoms with E-state index in [-0.39, 0.29) is 0 Å². The van der Waals surface area contributed by atoms with E-state index < -0.39 is 35.5 Å². The summed E-state index contributed by atoms with van der Waals surface area (Å²) in [5, 5.41) is 11.0. The fraction of sp³-hybridized carbons (Fsp3) is 0.529. The van der Waals surface area contributed by atoms with E-state index in [4.69, 9.17) is 9.47 Å². The highest BCUT2D eigenvalue weighted by atomic mass is 16.6. The average molecular weight is 336 g/mol. The number of hydrogen-bond donors (Lipinski definition) is 2. The molecule has 1 heterocycles. The maximum absolute atomic E-state index is 12.2. The number of aliphatic carboxylic acids is 1. The Morgan fingerprint density at radius 2 is 1.83 bits per heavy atom. The number of hydrazine groups is 1. The Morgan fingerprint density at radius 1 is 1.25 bits per heavy atom. The Morgan fingerprint density at radius 3 is 2.33 bits per heavy atom. The Labute approximate surface area is 141 Å². The summed E-state index contributed by atoms with van der Waals surface area (Å²) in [5.41, 5.74) is 1.69. The zero-order chi connectivity index (χ0) is 18.1. The number of carboxylic acid groups (broad SMARTS) is 1. The minimum absolute atomic E-state index is 0.661. The number of carbonyl (C=O) groups excluding carboxylic acids is 1. The Kier molecular flexibility index (Phi) is 4.87. The van der Waals surface area contributed by atoms with Gasteiger partial charge in [0.05, 0.1) is 6.04 Å². The topological polar surface area (TPSA) is 88.1 Å². The largest absolute Gasteiger partial charge is 0.479 e. The van der Waals surface area contributed by atoms with Crippen LogP contribution in [0.1, 0.15) is 46.2 Å². The van der Waals surface area contributed by atoms with E-state index in [1.54, 1.807) is 46.8 Å². The van der Waals surface area contributed by atoms with Gasteiger partial charge in [-0.3, -0.25) is 5.43 Å². The Bertz CT molecular complexity index is 609. The standard InChI is InChI=1S/C17H24N2O5/c1-16(2,3)24-15(22)18-19-12(11-9-7-6-8-10-11)13(14(20)21)23-17(19,4)5/h6-10,12-13H,1-5H3,(H,18,22)(H,20,21)/t12-,13+/m0/s1. The molecule has 2 N–H and O–H groups in total. The smallest absolute Gasteiger partial charge is 0.422 e. The molecule has 0 bridgehead atoms. The second kappa shape index (κ2) is 6.41. The number of hydrogen-bond acceptors (Lipinski definition) is 5. The van der Waals surface area contributed by atoms with Gasteiger partial charge in [-0.1, -0.05) is 30.3 Å². The minimum Gasteiger partial charge on any atom is -0.479 e. The summed E-state index contributed by atoms with van der Waals surface area (Å²) >= 11 is 0. The van der Waals surface area contributed by atoms with Crippen molar-refractivity contribution in [2.75, 3.05) is 0 Å². The van der Waals surface area contributed by atoms with E-state index in [1.807, 2.05) is 18.2 Å². The molecule has 7 nitrogen and oxygen atoms in total. The summed E-state index contributed by atoms with van der Waals surface area (Å²) in [7, 11) is 0. The molecule has 1 aliphatic heterocycles. The third-order valence-corrected chi connectivity index (χ3v) is 3.56. The van der Waals surface area contributed by atoms with Gasteiger partial charge in [0, 0.05) is 0 Å². The lowest BCUT2D eigenvalue weighted by Crippen LogP contribution is -2.53. The van der Waals surface area contributed by atoms with Crippen molar-refractivity contribution < 1.29 is 24.2 Å². The van der Waals surface area contributed by atoms with Crippen LogP contribution in [0.25, 0.3) is 0 Å². The summed E-state index contributed by atoms with van der Waals surface area (Å²) < 4.78 is 11.0. The van der Waals surface area contributed by atoms with E-state index in [0.29, 0.717) is 0 Å². The van der Waals surface area contributed by atoms with Crippen molar-refractivity contribution in [2.24, 2.45) is 0 Å². The first-order chi connectivity index (χ1) is 11.0.